The second kappa shape index (κ2) is 3.38. The van der Waals surface area contributed by atoms with E-state index in [1.54, 1.807) is 0 Å². The molecule has 0 heterocycles. The summed E-state index contributed by atoms with van der Waals surface area (Å²) in [5.74, 6) is 0.506. The Balaban J connectivity index is 2.44. The van der Waals surface area contributed by atoms with E-state index in [-0.39, 0.29) is 5.41 Å². The molecule has 0 radical (unpaired) electrons. The van der Waals surface area contributed by atoms with Gasteiger partial charge in [-0.1, -0.05) is 26.7 Å². The molecule has 1 saturated carbocycles. The SMILES string of the molecule is CCCCC1(C)CCCC1=O. The smallest absolute Gasteiger partial charge is 0.138 e. The van der Waals surface area contributed by atoms with Gasteiger partial charge in [-0.15, -0.1) is 0 Å². The van der Waals surface area contributed by atoms with Crippen LogP contribution in [0.5, 0.6) is 0 Å². The van der Waals surface area contributed by atoms with Gasteiger partial charge in [0.25, 0.3) is 0 Å². The summed E-state index contributed by atoms with van der Waals surface area (Å²) < 4.78 is 0. The number of Topliss-reactive ketones (excluding diaryl/α,β-unsaturated/α-hetero) is 1. The molecule has 1 aliphatic rings. The van der Waals surface area contributed by atoms with Gasteiger partial charge in [0.05, 0.1) is 0 Å². The zero-order chi connectivity index (χ0) is 8.32. The maximum Gasteiger partial charge on any atom is 0.138 e. The Kier molecular flexibility index (Phi) is 2.69. The molecule has 0 amide bonds. The first kappa shape index (κ1) is 8.76. The molecular weight excluding hydrogens is 136 g/mol. The maximum absolute atomic E-state index is 11.4. The molecule has 0 aromatic heterocycles. The Labute approximate surface area is 69.2 Å². The van der Waals surface area contributed by atoms with Crippen molar-refractivity contribution in [3.05, 3.63) is 0 Å². The highest BCUT2D eigenvalue weighted by molar-refractivity contribution is 5.86. The minimum absolute atomic E-state index is 0.0655. The van der Waals surface area contributed by atoms with Gasteiger partial charge in [0, 0.05) is 11.8 Å². The highest BCUT2D eigenvalue weighted by atomic mass is 16.1. The van der Waals surface area contributed by atoms with Crippen LogP contribution in [-0.4, -0.2) is 5.78 Å². The van der Waals surface area contributed by atoms with E-state index < -0.39 is 0 Å². The average molecular weight is 154 g/mol. The largest absolute Gasteiger partial charge is 0.299 e. The van der Waals surface area contributed by atoms with Crippen LogP contribution in [0.15, 0.2) is 0 Å². The predicted octanol–water partition coefficient (Wildman–Crippen LogP) is 2.94. The van der Waals surface area contributed by atoms with Crippen LogP contribution < -0.4 is 0 Å². The summed E-state index contributed by atoms with van der Waals surface area (Å²) in [6, 6.07) is 0. The van der Waals surface area contributed by atoms with E-state index in [1.165, 1.54) is 12.8 Å². The van der Waals surface area contributed by atoms with Crippen molar-refractivity contribution < 1.29 is 4.79 Å². The lowest BCUT2D eigenvalue weighted by Gasteiger charge is -2.20. The first-order chi connectivity index (χ1) is 5.19. The van der Waals surface area contributed by atoms with Crippen LogP contribution in [0, 0.1) is 5.41 Å². The Morgan fingerprint density at radius 2 is 2.27 bits per heavy atom. The summed E-state index contributed by atoms with van der Waals surface area (Å²) in [5.41, 5.74) is 0.0655. The van der Waals surface area contributed by atoms with Gasteiger partial charge in [0.15, 0.2) is 0 Å². The summed E-state index contributed by atoms with van der Waals surface area (Å²) in [4.78, 5) is 11.4. The van der Waals surface area contributed by atoms with Gasteiger partial charge in [0.1, 0.15) is 5.78 Å². The van der Waals surface area contributed by atoms with Gasteiger partial charge in [-0.2, -0.15) is 0 Å². The fraction of sp³-hybridized carbons (Fsp3) is 0.900. The monoisotopic (exact) mass is 154 g/mol. The topological polar surface area (TPSA) is 17.1 Å². The van der Waals surface area contributed by atoms with Crippen LogP contribution in [0.3, 0.4) is 0 Å². The second-order valence-corrected chi connectivity index (χ2v) is 3.94. The first-order valence-corrected chi connectivity index (χ1v) is 4.72. The maximum atomic E-state index is 11.4. The van der Waals surface area contributed by atoms with E-state index in [0.717, 1.165) is 25.7 Å². The highest BCUT2D eigenvalue weighted by Gasteiger charge is 2.36. The third kappa shape index (κ3) is 1.82. The number of unbranched alkanes of at least 4 members (excludes halogenated alkanes) is 1. The zero-order valence-electron chi connectivity index (χ0n) is 7.65. The number of rotatable bonds is 3. The quantitative estimate of drug-likeness (QED) is 0.611. The van der Waals surface area contributed by atoms with Crippen molar-refractivity contribution in [1.29, 1.82) is 0 Å². The normalized spacial score (nSPS) is 31.3. The summed E-state index contributed by atoms with van der Waals surface area (Å²) >= 11 is 0. The molecule has 1 aliphatic carbocycles. The van der Waals surface area contributed by atoms with Crippen molar-refractivity contribution in [3.63, 3.8) is 0 Å². The molecule has 1 rings (SSSR count). The zero-order valence-corrected chi connectivity index (χ0v) is 7.65. The van der Waals surface area contributed by atoms with E-state index in [0.29, 0.717) is 5.78 Å². The van der Waals surface area contributed by atoms with Gasteiger partial charge in [-0.05, 0) is 19.3 Å². The standard InChI is InChI=1S/C10H18O/c1-3-4-7-10(2)8-5-6-9(10)11/h3-8H2,1-2H3. The minimum atomic E-state index is 0.0655. The van der Waals surface area contributed by atoms with Gasteiger partial charge >= 0.3 is 0 Å². The first-order valence-electron chi connectivity index (χ1n) is 4.72. The van der Waals surface area contributed by atoms with Gasteiger partial charge in [-0.3, -0.25) is 4.79 Å². The molecule has 0 N–H and O–H groups in total. The van der Waals surface area contributed by atoms with Crippen LogP contribution in [0.1, 0.15) is 52.4 Å². The van der Waals surface area contributed by atoms with Gasteiger partial charge in [0.2, 0.25) is 0 Å². The molecule has 0 aromatic rings. The van der Waals surface area contributed by atoms with Crippen LogP contribution >= 0.6 is 0 Å². The third-order valence-corrected chi connectivity index (χ3v) is 2.89. The van der Waals surface area contributed by atoms with Crippen molar-refractivity contribution in [2.75, 3.05) is 0 Å². The molecule has 0 spiro atoms. The Morgan fingerprint density at radius 3 is 2.73 bits per heavy atom. The van der Waals surface area contributed by atoms with Crippen molar-refractivity contribution in [2.45, 2.75) is 52.4 Å². The van der Waals surface area contributed by atoms with E-state index in [9.17, 15) is 4.79 Å². The number of hydrogen-bond acceptors (Lipinski definition) is 1. The van der Waals surface area contributed by atoms with Crippen molar-refractivity contribution in [2.24, 2.45) is 5.41 Å². The summed E-state index contributed by atoms with van der Waals surface area (Å²) in [7, 11) is 0. The van der Waals surface area contributed by atoms with Crippen molar-refractivity contribution in [1.82, 2.24) is 0 Å². The average Bonchev–Trinajstić information content (AvgIpc) is 2.30. The lowest BCUT2D eigenvalue weighted by atomic mass is 9.82. The van der Waals surface area contributed by atoms with E-state index in [1.807, 2.05) is 0 Å². The molecule has 1 atom stereocenters. The predicted molar refractivity (Wildman–Crippen MR) is 46.5 cm³/mol. The van der Waals surface area contributed by atoms with Gasteiger partial charge in [-0.25, -0.2) is 0 Å². The summed E-state index contributed by atoms with van der Waals surface area (Å²) in [6.07, 6.45) is 6.62. The Bertz CT molecular complexity index is 151. The molecule has 1 heteroatoms. The number of hydrogen-bond donors (Lipinski definition) is 0. The molecule has 64 valence electrons. The minimum Gasteiger partial charge on any atom is -0.299 e. The lowest BCUT2D eigenvalue weighted by molar-refractivity contribution is -0.125. The van der Waals surface area contributed by atoms with Crippen LogP contribution in [0.25, 0.3) is 0 Å². The lowest BCUT2D eigenvalue weighted by Crippen LogP contribution is -2.20. The number of carbonyl (C=O) groups excluding carboxylic acids is 1. The number of carbonyl (C=O) groups is 1. The van der Waals surface area contributed by atoms with Crippen molar-refractivity contribution >= 4 is 5.78 Å². The molecule has 1 fully saturated rings. The van der Waals surface area contributed by atoms with Gasteiger partial charge < -0.3 is 0 Å². The number of ketones is 1. The molecule has 1 nitrogen and oxygen atoms in total. The fourth-order valence-corrected chi connectivity index (χ4v) is 1.91. The van der Waals surface area contributed by atoms with Crippen LogP contribution in [0.2, 0.25) is 0 Å². The molecule has 0 aromatic carbocycles. The van der Waals surface area contributed by atoms with E-state index in [4.69, 9.17) is 0 Å². The Morgan fingerprint density at radius 1 is 1.55 bits per heavy atom. The highest BCUT2D eigenvalue weighted by Crippen LogP contribution is 2.38. The molecular formula is C10H18O. The fourth-order valence-electron chi connectivity index (χ4n) is 1.91. The molecule has 0 bridgehead atoms. The van der Waals surface area contributed by atoms with Crippen LogP contribution in [0.4, 0.5) is 0 Å². The molecule has 0 aliphatic heterocycles. The molecule has 11 heavy (non-hydrogen) atoms. The van der Waals surface area contributed by atoms with Crippen LogP contribution in [-0.2, 0) is 4.79 Å². The molecule has 1 unspecified atom stereocenters. The Hall–Kier alpha value is -0.330. The van der Waals surface area contributed by atoms with E-state index in [2.05, 4.69) is 13.8 Å². The van der Waals surface area contributed by atoms with E-state index >= 15 is 0 Å². The third-order valence-electron chi connectivity index (χ3n) is 2.89. The van der Waals surface area contributed by atoms with Crippen molar-refractivity contribution in [3.8, 4) is 0 Å². The summed E-state index contributed by atoms with van der Waals surface area (Å²) in [6.45, 7) is 4.32. The summed E-state index contributed by atoms with van der Waals surface area (Å²) in [5, 5.41) is 0. The molecule has 0 saturated heterocycles. The second-order valence-electron chi connectivity index (χ2n) is 3.94.